The van der Waals surface area contributed by atoms with Gasteiger partial charge >= 0.3 is 0 Å². The van der Waals surface area contributed by atoms with Crippen LogP contribution < -0.4 is 21.6 Å². The Morgan fingerprint density at radius 1 is 0.957 bits per heavy atom. The van der Waals surface area contributed by atoms with Crippen molar-refractivity contribution in [1.29, 1.82) is 5.26 Å². The summed E-state index contributed by atoms with van der Waals surface area (Å²) in [5.74, 6) is -0.148. The number of halogens is 1. The molecule has 0 fully saturated rings. The summed E-state index contributed by atoms with van der Waals surface area (Å²) >= 11 is 5.70. The van der Waals surface area contributed by atoms with Crippen molar-refractivity contribution >= 4 is 53.6 Å². The molecule has 2 aromatic rings. The molecule has 0 atom stereocenters. The number of nitrogens with one attached hydrogen (secondary N) is 2. The predicted octanol–water partition coefficient (Wildman–Crippen LogP) is 4.88. The number of fused-ring (bicyclic) bond motifs is 2. The Balaban J connectivity index is 1.57. The molecule has 46 heavy (non-hydrogen) atoms. The molecule has 4 N–H and O–H groups in total. The van der Waals surface area contributed by atoms with Crippen molar-refractivity contribution in [3.05, 3.63) is 87.6 Å². The molecule has 0 spiro atoms. The molecule has 11 heteroatoms. The number of nitrogen functional groups attached to an aromatic ring is 1. The number of rotatable bonds is 15. The Labute approximate surface area is 277 Å². The van der Waals surface area contributed by atoms with E-state index in [1.165, 1.54) is 0 Å². The molecule has 0 aromatic heterocycles. The van der Waals surface area contributed by atoms with E-state index in [9.17, 15) is 14.9 Å². The van der Waals surface area contributed by atoms with Gasteiger partial charge in [0.25, 0.3) is 11.8 Å². The summed E-state index contributed by atoms with van der Waals surface area (Å²) in [5.41, 5.74) is 11.7. The number of allylic oxidation sites excluding steroid dienone is 5. The van der Waals surface area contributed by atoms with E-state index in [0.717, 1.165) is 58.5 Å². The Kier molecular flexibility index (Phi) is 12.5. The molecular formula is C35H42ClN5O4Si. The fraction of sp³-hybridized carbons (Fsp3) is 0.371. The first-order chi connectivity index (χ1) is 22.2. The lowest BCUT2D eigenvalue weighted by molar-refractivity contribution is 0.0468. The second-order valence-electron chi connectivity index (χ2n) is 11.7. The highest BCUT2D eigenvalue weighted by Crippen LogP contribution is 2.42. The van der Waals surface area contributed by atoms with Crippen LogP contribution in [0.3, 0.4) is 0 Å². The van der Waals surface area contributed by atoms with Crippen LogP contribution in [0.1, 0.15) is 57.5 Å². The normalized spacial score (nSPS) is 15.5. The summed E-state index contributed by atoms with van der Waals surface area (Å²) in [7, 11) is -0.487. The highest BCUT2D eigenvalue weighted by molar-refractivity contribution is 6.98. The number of alkyl halides is 1. The fourth-order valence-corrected chi connectivity index (χ4v) is 9.08. The first-order valence-corrected chi connectivity index (χ1v) is 19.1. The molecule has 9 nitrogen and oxygen atoms in total. The van der Waals surface area contributed by atoms with E-state index in [0.29, 0.717) is 55.7 Å². The van der Waals surface area contributed by atoms with Gasteiger partial charge in [0.2, 0.25) is 0 Å². The van der Waals surface area contributed by atoms with E-state index in [1.54, 1.807) is 31.4 Å². The van der Waals surface area contributed by atoms with Crippen molar-refractivity contribution < 1.29 is 19.1 Å². The number of carbonyl (C=O) groups is 2. The molecule has 0 saturated heterocycles. The van der Waals surface area contributed by atoms with Crippen LogP contribution in [0, 0.1) is 11.5 Å². The quantitative estimate of drug-likeness (QED) is 0.0622. The number of nitriles is 1. The molecule has 242 valence electrons. The summed E-state index contributed by atoms with van der Waals surface area (Å²) in [4.78, 5) is 30.9. The van der Waals surface area contributed by atoms with Gasteiger partial charge in [0.1, 0.15) is 8.07 Å². The minimum atomic E-state index is -2.24. The van der Waals surface area contributed by atoms with Crippen LogP contribution in [0.15, 0.2) is 70.4 Å². The summed E-state index contributed by atoms with van der Waals surface area (Å²) < 4.78 is 11.2. The first-order valence-electron chi connectivity index (χ1n) is 15.6. The van der Waals surface area contributed by atoms with E-state index in [4.69, 9.17) is 26.8 Å². The third-order valence-corrected chi connectivity index (χ3v) is 12.0. The van der Waals surface area contributed by atoms with Crippen LogP contribution in [-0.4, -0.2) is 71.5 Å². The first kappa shape index (κ1) is 34.9. The lowest BCUT2D eigenvalue weighted by Gasteiger charge is -2.38. The van der Waals surface area contributed by atoms with Gasteiger partial charge < -0.3 is 20.5 Å². The number of nitrogens with zero attached hydrogens (tertiary/aromatic N) is 2. The maximum atomic E-state index is 13.3. The molecule has 1 aliphatic carbocycles. The number of amides is 2. The van der Waals surface area contributed by atoms with Crippen molar-refractivity contribution in [2.45, 2.75) is 38.8 Å². The SMILES string of the molecule is CN=C1C=CC2=C(c3cc(C(=O)NCCOCCOCCCCCCCl)ccc3C(=O)NC#N)c3ccc(N)cc3[Si](C)(C)C2=C1. The number of hydrogen-bond acceptors (Lipinski definition) is 7. The van der Waals surface area contributed by atoms with Crippen LogP contribution in [0.4, 0.5) is 5.69 Å². The van der Waals surface area contributed by atoms with Crippen molar-refractivity contribution in [1.82, 2.24) is 10.6 Å². The molecule has 1 aliphatic heterocycles. The van der Waals surface area contributed by atoms with Crippen LogP contribution in [-0.2, 0) is 9.47 Å². The van der Waals surface area contributed by atoms with Gasteiger partial charge in [-0.2, -0.15) is 5.26 Å². The summed E-state index contributed by atoms with van der Waals surface area (Å²) in [6.45, 7) is 6.83. The molecule has 1 heterocycles. The van der Waals surface area contributed by atoms with Crippen molar-refractivity contribution in [3.8, 4) is 6.19 Å². The molecule has 4 rings (SSSR count). The average Bonchev–Trinajstić information content (AvgIpc) is 3.05. The minimum absolute atomic E-state index is 0.287. The zero-order valence-corrected chi connectivity index (χ0v) is 28.5. The lowest BCUT2D eigenvalue weighted by atomic mass is 9.86. The number of carbonyl (C=O) groups excluding carboxylic acids is 2. The number of nitrogens with two attached hydrogens (primary N) is 1. The van der Waals surface area contributed by atoms with Crippen molar-refractivity contribution in [2.75, 3.05) is 51.6 Å². The van der Waals surface area contributed by atoms with Crippen LogP contribution in [0.5, 0.6) is 0 Å². The zero-order chi connectivity index (χ0) is 33.1. The van der Waals surface area contributed by atoms with Gasteiger partial charge in [-0.15, -0.1) is 11.6 Å². The maximum absolute atomic E-state index is 13.3. The number of anilines is 1. The Morgan fingerprint density at radius 3 is 2.46 bits per heavy atom. The van der Waals surface area contributed by atoms with Gasteiger partial charge in [-0.1, -0.05) is 38.1 Å². The number of benzene rings is 2. The topological polar surface area (TPSA) is 139 Å². The molecule has 2 aliphatic rings. The fourth-order valence-electron chi connectivity index (χ4n) is 5.81. The Morgan fingerprint density at radius 2 is 1.72 bits per heavy atom. The summed E-state index contributed by atoms with van der Waals surface area (Å²) in [6, 6.07) is 10.8. The molecule has 0 radical (unpaired) electrons. The molecule has 2 aromatic carbocycles. The minimum Gasteiger partial charge on any atom is -0.399 e. The van der Waals surface area contributed by atoms with Crippen LogP contribution >= 0.6 is 11.6 Å². The molecular weight excluding hydrogens is 618 g/mol. The second-order valence-corrected chi connectivity index (χ2v) is 16.4. The van der Waals surface area contributed by atoms with E-state index < -0.39 is 14.0 Å². The van der Waals surface area contributed by atoms with Gasteiger partial charge in [0.05, 0.1) is 25.5 Å². The summed E-state index contributed by atoms with van der Waals surface area (Å²) in [5, 5.41) is 16.7. The van der Waals surface area contributed by atoms with Gasteiger partial charge in [-0.25, -0.2) is 0 Å². The third-order valence-electron chi connectivity index (χ3n) is 8.23. The smallest absolute Gasteiger partial charge is 0.264 e. The van der Waals surface area contributed by atoms with E-state index in [1.807, 2.05) is 30.4 Å². The predicted molar refractivity (Wildman–Crippen MR) is 187 cm³/mol. The highest BCUT2D eigenvalue weighted by atomic mass is 35.5. The van der Waals surface area contributed by atoms with Gasteiger partial charge in [-0.05, 0) is 88.0 Å². The van der Waals surface area contributed by atoms with E-state index in [2.05, 4.69) is 34.8 Å². The monoisotopic (exact) mass is 659 g/mol. The summed E-state index contributed by atoms with van der Waals surface area (Å²) in [6.07, 6.45) is 12.1. The van der Waals surface area contributed by atoms with Gasteiger partial charge in [0, 0.05) is 42.9 Å². The Hall–Kier alpha value is -4.01. The van der Waals surface area contributed by atoms with E-state index in [-0.39, 0.29) is 11.5 Å². The van der Waals surface area contributed by atoms with Gasteiger partial charge in [-0.3, -0.25) is 19.9 Å². The molecule has 2 amide bonds. The zero-order valence-electron chi connectivity index (χ0n) is 26.7. The molecule has 0 bridgehead atoms. The number of hydrogen-bond donors (Lipinski definition) is 3. The largest absolute Gasteiger partial charge is 0.399 e. The average molecular weight is 660 g/mol. The standard InChI is InChI=1S/C35H42ClN5O4Si/c1-39-26-10-13-29-32(22-26)46(2,3)31-21-25(38)9-12-28(31)33(29)30-20-24(8-11-27(30)35(43)41-23-37)34(42)40-15-17-45-19-18-44-16-7-5-4-6-14-36/h8-13,20-22H,4-7,14-19,38H2,1-3H3,(H,40,42)(H,41,43). The van der Waals surface area contributed by atoms with Crippen molar-refractivity contribution in [2.24, 2.45) is 4.99 Å². The maximum Gasteiger partial charge on any atom is 0.264 e. The Bertz CT molecular complexity index is 1620. The number of ether oxygens (including phenoxy) is 2. The van der Waals surface area contributed by atoms with E-state index >= 15 is 0 Å². The highest BCUT2D eigenvalue weighted by Gasteiger charge is 2.40. The van der Waals surface area contributed by atoms with Crippen molar-refractivity contribution in [3.63, 3.8) is 0 Å². The number of aliphatic imine (C=N–C) groups is 1. The van der Waals surface area contributed by atoms with Gasteiger partial charge in [0.15, 0.2) is 6.19 Å². The molecule has 0 saturated carbocycles. The number of unbranched alkanes of at least 4 members (excludes halogenated alkanes) is 3. The lowest BCUT2D eigenvalue weighted by Crippen LogP contribution is -2.49. The molecule has 0 unspecified atom stereocenters. The second kappa shape index (κ2) is 16.5. The third kappa shape index (κ3) is 8.22. The van der Waals surface area contributed by atoms with Crippen LogP contribution in [0.2, 0.25) is 13.1 Å². The van der Waals surface area contributed by atoms with Crippen LogP contribution in [0.25, 0.3) is 5.57 Å².